The molecule has 1 heterocycles. The molecule has 4 rings (SSSR count). The van der Waals surface area contributed by atoms with Crippen LogP contribution in [0, 0.1) is 11.3 Å². The standard InChI is InChI=1S/C30H35NO4/c1-5-6-16-34-25-15-11-10-14-22(25)27-26(29(33)35-19-21-12-8-7-9-13-21)20(2)31-23-17-30(3,4)18-24(32)28(23)27/h7-15,27-28H,5-6,16-19H2,1-4H3/t27-,28?/m1/s1. The summed E-state index contributed by atoms with van der Waals surface area (Å²) in [4.78, 5) is 31.9. The minimum atomic E-state index is -0.484. The van der Waals surface area contributed by atoms with Gasteiger partial charge in [-0.25, -0.2) is 4.79 Å². The number of unbranched alkanes of at least 4 members (excludes halogenated alkanes) is 1. The molecule has 1 fully saturated rings. The predicted molar refractivity (Wildman–Crippen MR) is 137 cm³/mol. The van der Waals surface area contributed by atoms with Gasteiger partial charge in [0, 0.05) is 29.3 Å². The predicted octanol–water partition coefficient (Wildman–Crippen LogP) is 6.43. The minimum absolute atomic E-state index is 0.120. The van der Waals surface area contributed by atoms with Crippen LogP contribution in [-0.2, 0) is 20.9 Å². The van der Waals surface area contributed by atoms with Crippen LogP contribution in [0.3, 0.4) is 0 Å². The van der Waals surface area contributed by atoms with Crippen molar-refractivity contribution in [2.45, 2.75) is 65.9 Å². The number of nitrogens with zero attached hydrogens (tertiary/aromatic N) is 1. The maximum atomic E-state index is 13.6. The molecular formula is C30H35NO4. The molecule has 0 radical (unpaired) electrons. The third-order valence-corrected chi connectivity index (χ3v) is 6.81. The van der Waals surface area contributed by atoms with Gasteiger partial charge in [0.25, 0.3) is 0 Å². The van der Waals surface area contributed by atoms with Gasteiger partial charge in [-0.1, -0.05) is 75.7 Å². The van der Waals surface area contributed by atoms with Crippen LogP contribution in [0.25, 0.3) is 0 Å². The first-order valence-corrected chi connectivity index (χ1v) is 12.5. The van der Waals surface area contributed by atoms with Gasteiger partial charge in [-0.3, -0.25) is 9.79 Å². The Balaban J connectivity index is 1.75. The SMILES string of the molecule is CCCCOc1ccccc1[C@@H]1C(C(=O)OCc2ccccc2)=C(C)N=C2CC(C)(C)CC(=O)C21. The largest absolute Gasteiger partial charge is 0.493 e. The topological polar surface area (TPSA) is 65.0 Å². The maximum Gasteiger partial charge on any atom is 0.336 e. The lowest BCUT2D eigenvalue weighted by molar-refractivity contribution is -0.140. The van der Waals surface area contributed by atoms with Gasteiger partial charge in [-0.15, -0.1) is 0 Å². The number of ketones is 1. The van der Waals surface area contributed by atoms with E-state index in [4.69, 9.17) is 14.5 Å². The van der Waals surface area contributed by atoms with E-state index in [9.17, 15) is 9.59 Å². The molecule has 0 N–H and O–H groups in total. The zero-order chi connectivity index (χ0) is 25.0. The number of carbonyl (C=O) groups excluding carboxylic acids is 2. The lowest BCUT2D eigenvalue weighted by Gasteiger charge is -2.41. The number of allylic oxidation sites excluding steroid dienone is 1. The normalized spacial score (nSPS) is 21.3. The zero-order valence-corrected chi connectivity index (χ0v) is 21.2. The van der Waals surface area contributed by atoms with Crippen molar-refractivity contribution in [1.82, 2.24) is 0 Å². The molecule has 5 heteroatoms. The van der Waals surface area contributed by atoms with Crippen molar-refractivity contribution < 1.29 is 19.1 Å². The Morgan fingerprint density at radius 3 is 2.49 bits per heavy atom. The van der Waals surface area contributed by atoms with Crippen LogP contribution in [0.1, 0.15) is 70.4 Å². The average Bonchev–Trinajstić information content (AvgIpc) is 2.82. The summed E-state index contributed by atoms with van der Waals surface area (Å²) in [7, 11) is 0. The molecular weight excluding hydrogens is 438 g/mol. The van der Waals surface area contributed by atoms with E-state index in [1.165, 1.54) is 0 Å². The third kappa shape index (κ3) is 5.55. The Morgan fingerprint density at radius 1 is 1.03 bits per heavy atom. The van der Waals surface area contributed by atoms with Gasteiger partial charge in [-0.2, -0.15) is 0 Å². The second-order valence-electron chi connectivity index (χ2n) is 10.3. The molecule has 1 aliphatic carbocycles. The van der Waals surface area contributed by atoms with Gasteiger partial charge in [-0.05, 0) is 36.8 Å². The summed E-state index contributed by atoms with van der Waals surface area (Å²) in [6.07, 6.45) is 3.14. The number of carbonyl (C=O) groups is 2. The van der Waals surface area contributed by atoms with E-state index in [0.29, 0.717) is 30.0 Å². The first-order chi connectivity index (χ1) is 16.8. The molecule has 0 saturated heterocycles. The first-order valence-electron chi connectivity index (χ1n) is 12.5. The number of rotatable bonds is 8. The fraction of sp³-hybridized carbons (Fsp3) is 0.433. The molecule has 1 saturated carbocycles. The van der Waals surface area contributed by atoms with Crippen LogP contribution in [-0.4, -0.2) is 24.1 Å². The molecule has 1 aliphatic heterocycles. The molecule has 2 atom stereocenters. The summed E-state index contributed by atoms with van der Waals surface area (Å²) in [5.74, 6) is -0.561. The number of ether oxygens (including phenoxy) is 2. The summed E-state index contributed by atoms with van der Waals surface area (Å²) >= 11 is 0. The number of fused-ring (bicyclic) bond motifs is 1. The van der Waals surface area contributed by atoms with Crippen molar-refractivity contribution in [1.29, 1.82) is 0 Å². The fourth-order valence-electron chi connectivity index (χ4n) is 5.19. The molecule has 2 aliphatic rings. The van der Waals surface area contributed by atoms with Crippen LogP contribution in [0.5, 0.6) is 5.75 Å². The molecule has 0 bridgehead atoms. The van der Waals surface area contributed by atoms with Gasteiger partial charge in [0.1, 0.15) is 18.1 Å². The van der Waals surface area contributed by atoms with Crippen molar-refractivity contribution in [3.8, 4) is 5.75 Å². The molecule has 2 aromatic carbocycles. The number of hydrogen-bond acceptors (Lipinski definition) is 5. The maximum absolute atomic E-state index is 13.6. The summed E-state index contributed by atoms with van der Waals surface area (Å²) in [6, 6.07) is 17.4. The summed E-state index contributed by atoms with van der Waals surface area (Å²) in [5, 5.41) is 0. The van der Waals surface area contributed by atoms with Crippen molar-refractivity contribution in [3.63, 3.8) is 0 Å². The van der Waals surface area contributed by atoms with Gasteiger partial charge in [0.15, 0.2) is 0 Å². The van der Waals surface area contributed by atoms with E-state index < -0.39 is 17.8 Å². The summed E-state index contributed by atoms with van der Waals surface area (Å²) in [6.45, 7) is 8.92. The second kappa shape index (κ2) is 10.6. The van der Waals surface area contributed by atoms with E-state index >= 15 is 0 Å². The van der Waals surface area contributed by atoms with Crippen LogP contribution in [0.4, 0.5) is 0 Å². The Morgan fingerprint density at radius 2 is 1.74 bits per heavy atom. The molecule has 2 aromatic rings. The van der Waals surface area contributed by atoms with Crippen molar-refractivity contribution in [2.24, 2.45) is 16.3 Å². The van der Waals surface area contributed by atoms with E-state index in [2.05, 4.69) is 20.8 Å². The molecule has 0 aromatic heterocycles. The van der Waals surface area contributed by atoms with Crippen molar-refractivity contribution >= 4 is 17.5 Å². The van der Waals surface area contributed by atoms with Crippen molar-refractivity contribution in [3.05, 3.63) is 77.0 Å². The first kappa shape index (κ1) is 24.9. The number of benzene rings is 2. The Hall–Kier alpha value is -3.21. The molecule has 1 unspecified atom stereocenters. The monoisotopic (exact) mass is 473 g/mol. The molecule has 5 nitrogen and oxygen atoms in total. The third-order valence-electron chi connectivity index (χ3n) is 6.81. The highest BCUT2D eigenvalue weighted by Gasteiger charge is 2.48. The van der Waals surface area contributed by atoms with Gasteiger partial charge in [0.05, 0.1) is 18.1 Å². The Kier molecular flexibility index (Phi) is 7.54. The van der Waals surface area contributed by atoms with Crippen LogP contribution in [0.2, 0.25) is 0 Å². The molecule has 0 spiro atoms. The zero-order valence-electron chi connectivity index (χ0n) is 21.2. The second-order valence-corrected chi connectivity index (χ2v) is 10.3. The Labute approximate surface area is 208 Å². The highest BCUT2D eigenvalue weighted by atomic mass is 16.5. The number of para-hydroxylation sites is 1. The highest BCUT2D eigenvalue weighted by molar-refractivity contribution is 6.12. The van der Waals surface area contributed by atoms with Crippen LogP contribution >= 0.6 is 0 Å². The highest BCUT2D eigenvalue weighted by Crippen LogP contribution is 2.48. The summed E-state index contributed by atoms with van der Waals surface area (Å²) in [5.41, 5.74) is 3.54. The van der Waals surface area contributed by atoms with Crippen LogP contribution in [0.15, 0.2) is 70.9 Å². The number of aliphatic imine (C=N–C) groups is 1. The smallest absolute Gasteiger partial charge is 0.336 e. The molecule has 0 amide bonds. The van der Waals surface area contributed by atoms with E-state index in [1.807, 2.05) is 61.5 Å². The minimum Gasteiger partial charge on any atom is -0.493 e. The van der Waals surface area contributed by atoms with Crippen molar-refractivity contribution in [2.75, 3.05) is 6.61 Å². The molecule has 35 heavy (non-hydrogen) atoms. The molecule has 184 valence electrons. The van der Waals surface area contributed by atoms with E-state index in [-0.39, 0.29) is 17.8 Å². The lowest BCUT2D eigenvalue weighted by atomic mass is 9.63. The average molecular weight is 474 g/mol. The number of esters is 1. The van der Waals surface area contributed by atoms with E-state index in [1.54, 1.807) is 0 Å². The summed E-state index contributed by atoms with van der Waals surface area (Å²) < 4.78 is 11.9. The quantitative estimate of drug-likeness (QED) is 0.327. The Bertz CT molecular complexity index is 1150. The van der Waals surface area contributed by atoms with E-state index in [0.717, 1.165) is 36.1 Å². The fourth-order valence-corrected chi connectivity index (χ4v) is 5.19. The lowest BCUT2D eigenvalue weighted by Crippen LogP contribution is -2.44. The van der Waals surface area contributed by atoms with Gasteiger partial charge < -0.3 is 9.47 Å². The number of Topliss-reactive ketones (excluding diaryl/α,β-unsaturated/α-hetero) is 1. The number of hydrogen-bond donors (Lipinski definition) is 0. The van der Waals surface area contributed by atoms with Gasteiger partial charge >= 0.3 is 5.97 Å². The van der Waals surface area contributed by atoms with Crippen LogP contribution < -0.4 is 4.74 Å². The van der Waals surface area contributed by atoms with Gasteiger partial charge in [0.2, 0.25) is 0 Å².